The van der Waals surface area contributed by atoms with Crippen molar-refractivity contribution in [3.8, 4) is 0 Å². The summed E-state index contributed by atoms with van der Waals surface area (Å²) < 4.78 is 34.4. The molecule has 0 radical (unpaired) electrons. The molecule has 0 bridgehead atoms. The van der Waals surface area contributed by atoms with Gasteiger partial charge in [0, 0.05) is 12.8 Å². The maximum atomic E-state index is 12.9. The number of hydrogen-bond donors (Lipinski definition) is 0. The van der Waals surface area contributed by atoms with Crippen LogP contribution >= 0.6 is 7.82 Å². The summed E-state index contributed by atoms with van der Waals surface area (Å²) in [4.78, 5) is 38.2. The monoisotopic (exact) mass is 1390 g/mol. The number of phosphoric acid groups is 1. The van der Waals surface area contributed by atoms with Crippen LogP contribution in [0.5, 0.6) is 0 Å². The fraction of sp³-hybridized carbons (Fsp3) is 0.773. The Kier molecular flexibility index (Phi) is 75.2. The van der Waals surface area contributed by atoms with E-state index in [1.807, 2.05) is 21.1 Å². The van der Waals surface area contributed by atoms with Crippen LogP contribution in [-0.2, 0) is 32.7 Å². The largest absolute Gasteiger partial charge is 0.756 e. The fourth-order valence-corrected chi connectivity index (χ4v) is 12.7. The van der Waals surface area contributed by atoms with Crippen molar-refractivity contribution in [1.82, 2.24) is 0 Å². The summed E-state index contributed by atoms with van der Waals surface area (Å²) in [5.41, 5.74) is 0. The highest BCUT2D eigenvalue weighted by atomic mass is 31.2. The number of carbonyl (C=O) groups is 2. The van der Waals surface area contributed by atoms with Crippen molar-refractivity contribution in [2.75, 3.05) is 47.5 Å². The Hall–Kier alpha value is -3.33. The number of unbranched alkanes of at least 4 members (excludes halogenated alkanes) is 45. The molecule has 0 aromatic rings. The summed E-state index contributed by atoms with van der Waals surface area (Å²) >= 11 is 0. The lowest BCUT2D eigenvalue weighted by molar-refractivity contribution is -0.870. The fourth-order valence-electron chi connectivity index (χ4n) is 12.0. The molecule has 0 rings (SSSR count). The average Bonchev–Trinajstić information content (AvgIpc) is 1.08. The normalized spacial score (nSPS) is 13.6. The molecule has 10 heteroatoms. The lowest BCUT2D eigenvalue weighted by Crippen LogP contribution is -2.37. The second-order valence-corrected chi connectivity index (χ2v) is 30.5. The highest BCUT2D eigenvalue weighted by molar-refractivity contribution is 7.45. The Bertz CT molecular complexity index is 2030. The molecule has 568 valence electrons. The van der Waals surface area contributed by atoms with Gasteiger partial charge in [-0.05, 0) is 83.5 Å². The predicted octanol–water partition coefficient (Wildman–Crippen LogP) is 27.3. The van der Waals surface area contributed by atoms with Gasteiger partial charge in [0.05, 0.1) is 27.7 Å². The molecule has 98 heavy (non-hydrogen) atoms. The second-order valence-electron chi connectivity index (χ2n) is 29.1. The Morgan fingerprint density at radius 1 is 0.327 bits per heavy atom. The van der Waals surface area contributed by atoms with Gasteiger partial charge in [-0.3, -0.25) is 14.2 Å². The van der Waals surface area contributed by atoms with E-state index in [9.17, 15) is 19.0 Å². The quantitative estimate of drug-likeness (QED) is 0.0195. The first-order valence-corrected chi connectivity index (χ1v) is 43.1. The molecule has 0 saturated heterocycles. The van der Waals surface area contributed by atoms with E-state index in [4.69, 9.17) is 18.5 Å². The number of phosphoric ester groups is 1. The maximum absolute atomic E-state index is 12.9. The molecule has 0 aromatic heterocycles. The van der Waals surface area contributed by atoms with Gasteiger partial charge in [0.1, 0.15) is 19.8 Å². The summed E-state index contributed by atoms with van der Waals surface area (Å²) in [5, 5.41) is 0. The minimum absolute atomic E-state index is 0.0324. The van der Waals surface area contributed by atoms with Crippen LogP contribution in [0.15, 0.2) is 109 Å². The molecular formula is C88H158NO8P. The van der Waals surface area contributed by atoms with Crippen molar-refractivity contribution < 1.29 is 42.1 Å². The zero-order valence-electron chi connectivity index (χ0n) is 65.0. The number of hydrogen-bond acceptors (Lipinski definition) is 8. The van der Waals surface area contributed by atoms with Gasteiger partial charge in [-0.2, -0.15) is 0 Å². The summed E-state index contributed by atoms with van der Waals surface area (Å²) in [6, 6.07) is 0. The number of quaternary nitrogens is 1. The molecule has 0 spiro atoms. The molecule has 0 aliphatic heterocycles. The van der Waals surface area contributed by atoms with Crippen molar-refractivity contribution in [2.24, 2.45) is 0 Å². The number of allylic oxidation sites excluding steroid dienone is 18. The van der Waals surface area contributed by atoms with Gasteiger partial charge in [-0.15, -0.1) is 0 Å². The Balaban J connectivity index is 3.96. The summed E-state index contributed by atoms with van der Waals surface area (Å²) in [7, 11) is 1.17. The van der Waals surface area contributed by atoms with Crippen LogP contribution in [-0.4, -0.2) is 70.0 Å². The van der Waals surface area contributed by atoms with Crippen molar-refractivity contribution >= 4 is 19.8 Å². The van der Waals surface area contributed by atoms with Crippen LogP contribution in [0.2, 0.25) is 0 Å². The first-order chi connectivity index (χ1) is 48.0. The highest BCUT2D eigenvalue weighted by Crippen LogP contribution is 2.38. The standard InChI is InChI=1S/C88H158NO8P/c1-6-8-10-12-14-16-18-20-22-24-26-28-30-32-34-36-38-40-41-42-43-44-45-46-47-49-51-53-55-57-59-61-63-65-67-69-71-73-75-77-79-81-88(91)97-86(85-96-98(92,93)95-83-82-89(3,4)5)84-94-87(90)80-78-76-74-72-70-68-66-64-62-60-58-56-54-52-50-48-39-37-35-33-31-29-27-25-23-21-19-17-15-13-11-9-7-2/h8,10,14,16,20,22,26,28,32,34,38,40,42-43,45-46,49,51,86H,6-7,9,11-13,15,17-19,21,23-25,27,29-31,33,35-37,39,41,44,47-48,50,52-85H2,1-5H3/b10-8-,16-14-,22-20-,28-26-,34-32-,40-38-,43-42-,46-45-,51-49-. The minimum atomic E-state index is -4.65. The molecule has 0 aromatic carbocycles. The van der Waals surface area contributed by atoms with Gasteiger partial charge in [0.25, 0.3) is 7.82 Å². The number of carbonyl (C=O) groups excluding carboxylic acids is 2. The van der Waals surface area contributed by atoms with E-state index in [0.717, 1.165) is 96.3 Å². The van der Waals surface area contributed by atoms with Gasteiger partial charge in [0.15, 0.2) is 6.10 Å². The Morgan fingerprint density at radius 2 is 0.582 bits per heavy atom. The summed E-state index contributed by atoms with van der Waals surface area (Å²) in [6.45, 7) is 4.18. The van der Waals surface area contributed by atoms with E-state index in [0.29, 0.717) is 17.4 Å². The van der Waals surface area contributed by atoms with Gasteiger partial charge in [-0.25, -0.2) is 0 Å². The molecule has 0 aliphatic rings. The minimum Gasteiger partial charge on any atom is -0.756 e. The number of esters is 2. The summed E-state index contributed by atoms with van der Waals surface area (Å²) in [5.74, 6) is -0.820. The average molecular weight is 1390 g/mol. The Morgan fingerprint density at radius 3 is 0.867 bits per heavy atom. The molecule has 0 aliphatic carbocycles. The van der Waals surface area contributed by atoms with E-state index in [-0.39, 0.29) is 32.0 Å². The number of nitrogens with zero attached hydrogens (tertiary/aromatic N) is 1. The lowest BCUT2D eigenvalue weighted by Gasteiger charge is -2.28. The third kappa shape index (κ3) is 81.6. The van der Waals surface area contributed by atoms with Crippen LogP contribution < -0.4 is 4.89 Å². The van der Waals surface area contributed by atoms with Crippen LogP contribution in [0, 0.1) is 0 Å². The second kappa shape index (κ2) is 77.8. The number of rotatable bonds is 77. The van der Waals surface area contributed by atoms with Gasteiger partial charge in [-0.1, -0.05) is 399 Å². The van der Waals surface area contributed by atoms with E-state index >= 15 is 0 Å². The molecule has 0 N–H and O–H groups in total. The molecule has 0 saturated carbocycles. The molecule has 9 nitrogen and oxygen atoms in total. The van der Waals surface area contributed by atoms with E-state index in [1.54, 1.807) is 0 Å². The van der Waals surface area contributed by atoms with Gasteiger partial charge >= 0.3 is 11.9 Å². The van der Waals surface area contributed by atoms with Crippen molar-refractivity contribution in [1.29, 1.82) is 0 Å². The molecule has 0 amide bonds. The van der Waals surface area contributed by atoms with Gasteiger partial charge in [0.2, 0.25) is 0 Å². The molecular weight excluding hydrogens is 1230 g/mol. The molecule has 0 fully saturated rings. The zero-order chi connectivity index (χ0) is 71.1. The number of likely N-dealkylation sites (N-methyl/N-ethyl adjacent to an activating group) is 1. The summed E-state index contributed by atoms with van der Waals surface area (Å²) in [6.07, 6.45) is 111. The zero-order valence-corrected chi connectivity index (χ0v) is 65.9. The van der Waals surface area contributed by atoms with Gasteiger partial charge < -0.3 is 27.9 Å². The lowest BCUT2D eigenvalue weighted by atomic mass is 10.0. The van der Waals surface area contributed by atoms with Crippen LogP contribution in [0.1, 0.15) is 386 Å². The first kappa shape index (κ1) is 94.7. The maximum Gasteiger partial charge on any atom is 0.306 e. The smallest absolute Gasteiger partial charge is 0.306 e. The molecule has 2 atom stereocenters. The van der Waals surface area contributed by atoms with Crippen LogP contribution in [0.25, 0.3) is 0 Å². The van der Waals surface area contributed by atoms with E-state index < -0.39 is 26.5 Å². The molecule has 0 heterocycles. The third-order valence-corrected chi connectivity index (χ3v) is 19.3. The van der Waals surface area contributed by atoms with E-state index in [1.165, 1.54) is 257 Å². The topological polar surface area (TPSA) is 111 Å². The SMILES string of the molecule is CC/C=C\C/C=C\C/C=C\C/C=C\C/C=C\C/C=C\C/C=C\C/C=C\C/C=C\CCCCCCCCCCCCCCCC(=O)OC(COC(=O)CCCCCCCCCCCCCCCCCCCCCCCCCCCCCCCCCCC)COP(=O)([O-])OCC[N+](C)(C)C. The van der Waals surface area contributed by atoms with Crippen LogP contribution in [0.3, 0.4) is 0 Å². The van der Waals surface area contributed by atoms with E-state index in [2.05, 4.69) is 123 Å². The predicted molar refractivity (Wildman–Crippen MR) is 425 cm³/mol. The third-order valence-electron chi connectivity index (χ3n) is 18.3. The van der Waals surface area contributed by atoms with Crippen molar-refractivity contribution in [3.05, 3.63) is 109 Å². The van der Waals surface area contributed by atoms with Crippen LogP contribution in [0.4, 0.5) is 0 Å². The number of ether oxygens (including phenoxy) is 2. The van der Waals surface area contributed by atoms with Crippen molar-refractivity contribution in [2.45, 2.75) is 392 Å². The van der Waals surface area contributed by atoms with Crippen molar-refractivity contribution in [3.63, 3.8) is 0 Å². The first-order valence-electron chi connectivity index (χ1n) is 41.6. The highest BCUT2D eigenvalue weighted by Gasteiger charge is 2.22. The molecule has 2 unspecified atom stereocenters. The Labute approximate surface area is 607 Å².